The molecule has 0 atom stereocenters. The van der Waals surface area contributed by atoms with Gasteiger partial charge in [-0.15, -0.1) is 0 Å². The lowest BCUT2D eigenvalue weighted by Crippen LogP contribution is -1.92. The molecule has 0 saturated carbocycles. The molecular formula is C42H28. The lowest BCUT2D eigenvalue weighted by molar-refractivity contribution is 1.62. The molecule has 0 spiro atoms. The van der Waals surface area contributed by atoms with E-state index < -0.39 is 0 Å². The van der Waals surface area contributed by atoms with Crippen molar-refractivity contribution in [3.63, 3.8) is 0 Å². The van der Waals surface area contributed by atoms with Crippen LogP contribution in [0, 0.1) is 0 Å². The topological polar surface area (TPSA) is 0 Å². The van der Waals surface area contributed by atoms with Crippen LogP contribution in [0.25, 0.3) is 76.8 Å². The van der Waals surface area contributed by atoms with Crippen molar-refractivity contribution in [2.45, 2.75) is 0 Å². The van der Waals surface area contributed by atoms with Gasteiger partial charge in [-0.3, -0.25) is 0 Å². The summed E-state index contributed by atoms with van der Waals surface area (Å²) < 4.78 is 0. The van der Waals surface area contributed by atoms with Gasteiger partial charge in [-0.25, -0.2) is 0 Å². The predicted octanol–water partition coefficient (Wildman–Crippen LogP) is 11.8. The van der Waals surface area contributed by atoms with Gasteiger partial charge in [0.2, 0.25) is 0 Å². The van der Waals surface area contributed by atoms with E-state index in [0.29, 0.717) is 0 Å². The van der Waals surface area contributed by atoms with E-state index in [1.54, 1.807) is 0 Å². The maximum Gasteiger partial charge on any atom is -0.00262 e. The highest BCUT2D eigenvalue weighted by Gasteiger charge is 2.17. The van der Waals surface area contributed by atoms with Crippen molar-refractivity contribution in [1.82, 2.24) is 0 Å². The van der Waals surface area contributed by atoms with Crippen LogP contribution >= 0.6 is 0 Å². The van der Waals surface area contributed by atoms with E-state index in [0.717, 1.165) is 0 Å². The van der Waals surface area contributed by atoms with Crippen molar-refractivity contribution >= 4 is 32.3 Å². The van der Waals surface area contributed by atoms with Gasteiger partial charge >= 0.3 is 0 Å². The molecule has 0 bridgehead atoms. The fourth-order valence-electron chi connectivity index (χ4n) is 6.52. The van der Waals surface area contributed by atoms with Crippen LogP contribution in [-0.2, 0) is 0 Å². The first-order valence-corrected chi connectivity index (χ1v) is 14.5. The zero-order valence-corrected chi connectivity index (χ0v) is 23.2. The maximum absolute atomic E-state index is 2.41. The van der Waals surface area contributed by atoms with E-state index >= 15 is 0 Å². The summed E-state index contributed by atoms with van der Waals surface area (Å²) in [6.07, 6.45) is 0. The highest BCUT2D eigenvalue weighted by Crippen LogP contribution is 2.45. The molecule has 0 heterocycles. The Morgan fingerprint density at radius 2 is 0.714 bits per heavy atom. The Balaban J connectivity index is 1.47. The second kappa shape index (κ2) is 10.2. The van der Waals surface area contributed by atoms with Gasteiger partial charge in [-0.05, 0) is 95.0 Å². The van der Waals surface area contributed by atoms with Crippen molar-refractivity contribution in [3.8, 4) is 44.5 Å². The first-order valence-electron chi connectivity index (χ1n) is 14.5. The number of rotatable bonds is 4. The minimum Gasteiger partial charge on any atom is -0.0622 e. The van der Waals surface area contributed by atoms with Crippen molar-refractivity contribution in [3.05, 3.63) is 170 Å². The number of hydrogen-bond acceptors (Lipinski definition) is 0. The van der Waals surface area contributed by atoms with Crippen LogP contribution in [0.2, 0.25) is 0 Å². The highest BCUT2D eigenvalue weighted by atomic mass is 14.2. The van der Waals surface area contributed by atoms with Crippen LogP contribution in [0.4, 0.5) is 0 Å². The highest BCUT2D eigenvalue weighted by molar-refractivity contribution is 6.22. The van der Waals surface area contributed by atoms with Gasteiger partial charge in [-0.2, -0.15) is 0 Å². The van der Waals surface area contributed by atoms with Gasteiger partial charge < -0.3 is 0 Å². The summed E-state index contributed by atoms with van der Waals surface area (Å²) in [5.41, 5.74) is 9.99. The monoisotopic (exact) mass is 532 g/mol. The fraction of sp³-hybridized carbons (Fsp3) is 0. The molecule has 8 aromatic carbocycles. The normalized spacial score (nSPS) is 11.3. The van der Waals surface area contributed by atoms with Gasteiger partial charge in [-0.1, -0.05) is 152 Å². The molecule has 0 radical (unpaired) electrons. The van der Waals surface area contributed by atoms with E-state index in [-0.39, 0.29) is 0 Å². The van der Waals surface area contributed by atoms with Crippen LogP contribution in [0.15, 0.2) is 170 Å². The molecule has 0 fully saturated rings. The van der Waals surface area contributed by atoms with E-state index in [1.165, 1.54) is 76.8 Å². The average Bonchev–Trinajstić information content (AvgIpc) is 3.07. The summed E-state index contributed by atoms with van der Waals surface area (Å²) in [5.74, 6) is 0. The lowest BCUT2D eigenvalue weighted by Gasteiger charge is -2.19. The number of hydrogen-bond donors (Lipinski definition) is 0. The number of benzene rings is 8. The van der Waals surface area contributed by atoms with Gasteiger partial charge in [0, 0.05) is 0 Å². The van der Waals surface area contributed by atoms with Gasteiger partial charge in [0.15, 0.2) is 0 Å². The smallest absolute Gasteiger partial charge is 0.00262 e. The lowest BCUT2D eigenvalue weighted by atomic mass is 9.84. The molecule has 0 aliphatic carbocycles. The Labute approximate surface area is 246 Å². The van der Waals surface area contributed by atoms with Gasteiger partial charge in [0.05, 0.1) is 0 Å². The fourth-order valence-corrected chi connectivity index (χ4v) is 6.52. The van der Waals surface area contributed by atoms with Crippen molar-refractivity contribution < 1.29 is 0 Å². The predicted molar refractivity (Wildman–Crippen MR) is 181 cm³/mol. The zero-order valence-electron chi connectivity index (χ0n) is 23.2. The zero-order chi connectivity index (χ0) is 27.9. The van der Waals surface area contributed by atoms with Crippen molar-refractivity contribution in [2.24, 2.45) is 0 Å². The summed E-state index contributed by atoms with van der Waals surface area (Å²) in [7, 11) is 0. The van der Waals surface area contributed by atoms with Crippen LogP contribution < -0.4 is 0 Å². The second-order valence-electron chi connectivity index (χ2n) is 10.9. The van der Waals surface area contributed by atoms with Crippen LogP contribution in [0.1, 0.15) is 0 Å². The molecule has 0 aliphatic rings. The largest absolute Gasteiger partial charge is 0.0622 e. The maximum atomic E-state index is 2.41. The molecule has 196 valence electrons. The van der Waals surface area contributed by atoms with Gasteiger partial charge in [0.25, 0.3) is 0 Å². The molecule has 0 saturated heterocycles. The molecular weight excluding hydrogens is 504 g/mol. The third-order valence-electron chi connectivity index (χ3n) is 8.43. The van der Waals surface area contributed by atoms with E-state index in [2.05, 4.69) is 170 Å². The van der Waals surface area contributed by atoms with Crippen LogP contribution in [0.3, 0.4) is 0 Å². The standard InChI is InChI=1S/C42H28/c1-4-14-29(15-5-1)39-28-34(26-33-20-10-11-21-35(33)39)32-24-25-38-40(27-32)42(31-18-8-3-9-19-31)37-23-13-12-22-36(37)41(38)30-16-6-2-7-17-30/h1-28H. The summed E-state index contributed by atoms with van der Waals surface area (Å²) in [6, 6.07) is 61.7. The Kier molecular flexibility index (Phi) is 5.90. The molecule has 0 aliphatic heterocycles. The van der Waals surface area contributed by atoms with E-state index in [1.807, 2.05) is 0 Å². The molecule has 0 aromatic heterocycles. The Hall–Kier alpha value is -5.46. The summed E-state index contributed by atoms with van der Waals surface area (Å²) in [4.78, 5) is 0. The Bertz CT molecular complexity index is 2210. The first kappa shape index (κ1) is 24.3. The summed E-state index contributed by atoms with van der Waals surface area (Å²) >= 11 is 0. The number of fused-ring (bicyclic) bond motifs is 3. The Morgan fingerprint density at radius 1 is 0.238 bits per heavy atom. The second-order valence-corrected chi connectivity index (χ2v) is 10.9. The SMILES string of the molecule is c1ccc(-c2cc(-c3ccc4c(-c5ccccc5)c5ccccc5c(-c5ccccc5)c4c3)cc3ccccc23)cc1. The summed E-state index contributed by atoms with van der Waals surface area (Å²) in [6.45, 7) is 0. The minimum atomic E-state index is 1.22. The third-order valence-corrected chi connectivity index (χ3v) is 8.43. The average molecular weight is 533 g/mol. The van der Waals surface area contributed by atoms with Crippen molar-refractivity contribution in [1.29, 1.82) is 0 Å². The van der Waals surface area contributed by atoms with Gasteiger partial charge in [0.1, 0.15) is 0 Å². The Morgan fingerprint density at radius 3 is 1.33 bits per heavy atom. The minimum absolute atomic E-state index is 1.22. The molecule has 0 N–H and O–H groups in total. The molecule has 8 aromatic rings. The first-order chi connectivity index (χ1) is 20.8. The quantitative estimate of drug-likeness (QED) is 0.198. The van der Waals surface area contributed by atoms with Crippen LogP contribution in [0.5, 0.6) is 0 Å². The molecule has 0 heteroatoms. The van der Waals surface area contributed by atoms with E-state index in [9.17, 15) is 0 Å². The van der Waals surface area contributed by atoms with E-state index in [4.69, 9.17) is 0 Å². The molecule has 8 rings (SSSR count). The summed E-state index contributed by atoms with van der Waals surface area (Å²) in [5, 5.41) is 7.61. The van der Waals surface area contributed by atoms with Crippen molar-refractivity contribution in [2.75, 3.05) is 0 Å². The van der Waals surface area contributed by atoms with Crippen LogP contribution in [-0.4, -0.2) is 0 Å². The molecule has 0 amide bonds. The molecule has 0 unspecified atom stereocenters. The third kappa shape index (κ3) is 4.08. The molecule has 0 nitrogen and oxygen atoms in total. The molecule has 42 heavy (non-hydrogen) atoms.